The summed E-state index contributed by atoms with van der Waals surface area (Å²) in [5, 5.41) is 7.73. The second-order valence-electron chi connectivity index (χ2n) is 5.21. The molecular weight excluding hydrogens is 385 g/mol. The van der Waals surface area contributed by atoms with Crippen molar-refractivity contribution in [1.82, 2.24) is 14.8 Å². The predicted octanol–water partition coefficient (Wildman–Crippen LogP) is 4.28. The van der Waals surface area contributed by atoms with E-state index in [9.17, 15) is 4.79 Å². The molecule has 3 N–H and O–H groups in total. The Morgan fingerprint density at radius 3 is 2.56 bits per heavy atom. The summed E-state index contributed by atoms with van der Waals surface area (Å²) < 4.78 is 1.53. The number of carbonyl (C=O) groups is 1. The van der Waals surface area contributed by atoms with Crippen molar-refractivity contribution in [3.8, 4) is 11.1 Å². The van der Waals surface area contributed by atoms with Crippen molar-refractivity contribution in [2.24, 2.45) is 7.05 Å². The third-order valence-corrected chi connectivity index (χ3v) is 4.42. The Balaban J connectivity index is 1.90. The van der Waals surface area contributed by atoms with Gasteiger partial charge in [-0.2, -0.15) is 5.10 Å². The van der Waals surface area contributed by atoms with Gasteiger partial charge in [-0.3, -0.25) is 9.48 Å². The van der Waals surface area contributed by atoms with E-state index >= 15 is 0 Å². The van der Waals surface area contributed by atoms with Gasteiger partial charge in [0.1, 0.15) is 11.6 Å². The van der Waals surface area contributed by atoms with Gasteiger partial charge in [0.15, 0.2) is 5.69 Å². The molecule has 0 bridgehead atoms. The number of nitrogens with one attached hydrogen (secondary N) is 1. The van der Waals surface area contributed by atoms with Crippen LogP contribution in [0.3, 0.4) is 0 Å². The third kappa shape index (κ3) is 3.71. The number of pyridine rings is 1. The van der Waals surface area contributed by atoms with Gasteiger partial charge in [0, 0.05) is 29.4 Å². The Morgan fingerprint density at radius 1 is 1.16 bits per heavy atom. The molecule has 2 aromatic heterocycles. The zero-order valence-electron chi connectivity index (χ0n) is 12.9. The highest BCUT2D eigenvalue weighted by Gasteiger charge is 2.15. The van der Waals surface area contributed by atoms with Crippen LogP contribution in [0.5, 0.6) is 0 Å². The Kier molecular flexibility index (Phi) is 4.85. The highest BCUT2D eigenvalue weighted by molar-refractivity contribution is 6.45. The number of aryl methyl sites for hydroxylation is 1. The standard InChI is InChI=1S/C16H12Cl3N5O/c1-24-5-4-12(23-24)16(25)22-13-3-2-9(15(20)21-13)10-6-8(17)7-11(18)14(10)19/h2-7H,1H3,(H3,20,21,22,25). The molecule has 0 fully saturated rings. The molecule has 2 heterocycles. The summed E-state index contributed by atoms with van der Waals surface area (Å²) >= 11 is 18.3. The van der Waals surface area contributed by atoms with E-state index in [2.05, 4.69) is 15.4 Å². The molecule has 0 radical (unpaired) electrons. The van der Waals surface area contributed by atoms with Gasteiger partial charge in [-0.1, -0.05) is 34.8 Å². The lowest BCUT2D eigenvalue weighted by Crippen LogP contribution is -2.14. The second kappa shape index (κ2) is 6.92. The topological polar surface area (TPSA) is 85.8 Å². The van der Waals surface area contributed by atoms with Crippen molar-refractivity contribution in [2.45, 2.75) is 0 Å². The van der Waals surface area contributed by atoms with Gasteiger partial charge in [-0.25, -0.2) is 4.98 Å². The predicted molar refractivity (Wildman–Crippen MR) is 100 cm³/mol. The van der Waals surface area contributed by atoms with E-state index in [1.165, 1.54) is 4.68 Å². The Morgan fingerprint density at radius 2 is 1.92 bits per heavy atom. The van der Waals surface area contributed by atoms with Gasteiger partial charge >= 0.3 is 0 Å². The molecule has 25 heavy (non-hydrogen) atoms. The molecular formula is C16H12Cl3N5O. The minimum absolute atomic E-state index is 0.180. The first-order valence-corrected chi connectivity index (χ1v) is 8.21. The highest BCUT2D eigenvalue weighted by atomic mass is 35.5. The molecule has 0 saturated carbocycles. The zero-order chi connectivity index (χ0) is 18.1. The number of amides is 1. The molecule has 0 aliphatic carbocycles. The van der Waals surface area contributed by atoms with Gasteiger partial charge in [0.25, 0.3) is 5.91 Å². The minimum Gasteiger partial charge on any atom is -0.383 e. The van der Waals surface area contributed by atoms with Crippen LogP contribution in [0, 0.1) is 0 Å². The Bertz CT molecular complexity index is 970. The van der Waals surface area contributed by atoms with E-state index in [-0.39, 0.29) is 17.4 Å². The maximum absolute atomic E-state index is 12.1. The van der Waals surface area contributed by atoms with Crippen LogP contribution in [0.25, 0.3) is 11.1 Å². The zero-order valence-corrected chi connectivity index (χ0v) is 15.2. The maximum atomic E-state index is 12.1. The van der Waals surface area contributed by atoms with Crippen LogP contribution < -0.4 is 11.1 Å². The number of nitrogens with two attached hydrogens (primary N) is 1. The minimum atomic E-state index is -0.385. The largest absolute Gasteiger partial charge is 0.383 e. The van der Waals surface area contributed by atoms with Crippen LogP contribution in [-0.2, 0) is 7.05 Å². The maximum Gasteiger partial charge on any atom is 0.277 e. The average Bonchev–Trinajstić information content (AvgIpc) is 2.98. The molecule has 1 amide bonds. The fourth-order valence-electron chi connectivity index (χ4n) is 2.24. The molecule has 0 unspecified atom stereocenters. The molecule has 0 saturated heterocycles. The summed E-state index contributed by atoms with van der Waals surface area (Å²) in [6.45, 7) is 0. The van der Waals surface area contributed by atoms with Crippen molar-refractivity contribution < 1.29 is 4.79 Å². The summed E-state index contributed by atoms with van der Waals surface area (Å²) in [6, 6.07) is 8.08. The number of benzene rings is 1. The first-order valence-electron chi connectivity index (χ1n) is 7.07. The smallest absolute Gasteiger partial charge is 0.277 e. The molecule has 0 spiro atoms. The number of nitrogens with zero attached hydrogens (tertiary/aromatic N) is 3. The number of anilines is 2. The fourth-order valence-corrected chi connectivity index (χ4v) is 2.95. The van der Waals surface area contributed by atoms with Crippen LogP contribution in [0.2, 0.25) is 15.1 Å². The van der Waals surface area contributed by atoms with E-state index in [0.29, 0.717) is 32.0 Å². The average molecular weight is 397 g/mol. The number of halogens is 3. The van der Waals surface area contributed by atoms with Gasteiger partial charge in [0.05, 0.1) is 10.0 Å². The molecule has 128 valence electrons. The van der Waals surface area contributed by atoms with Crippen molar-refractivity contribution >= 4 is 52.3 Å². The van der Waals surface area contributed by atoms with Crippen LogP contribution in [0.15, 0.2) is 36.5 Å². The van der Waals surface area contributed by atoms with E-state index in [1.807, 2.05) is 0 Å². The first-order chi connectivity index (χ1) is 11.8. The van der Waals surface area contributed by atoms with Crippen LogP contribution in [0.1, 0.15) is 10.5 Å². The van der Waals surface area contributed by atoms with Gasteiger partial charge in [-0.05, 0) is 30.3 Å². The van der Waals surface area contributed by atoms with Gasteiger partial charge < -0.3 is 11.1 Å². The fraction of sp³-hybridized carbons (Fsp3) is 0.0625. The molecule has 3 aromatic rings. The molecule has 0 aliphatic rings. The molecule has 1 aromatic carbocycles. The molecule has 6 nitrogen and oxygen atoms in total. The lowest BCUT2D eigenvalue weighted by atomic mass is 10.1. The van der Waals surface area contributed by atoms with E-state index < -0.39 is 0 Å². The van der Waals surface area contributed by atoms with Crippen LogP contribution in [-0.4, -0.2) is 20.7 Å². The van der Waals surface area contributed by atoms with Gasteiger partial charge in [0.2, 0.25) is 0 Å². The number of hydrogen-bond donors (Lipinski definition) is 2. The van der Waals surface area contributed by atoms with Crippen LogP contribution >= 0.6 is 34.8 Å². The van der Waals surface area contributed by atoms with Gasteiger partial charge in [-0.15, -0.1) is 0 Å². The quantitative estimate of drug-likeness (QED) is 0.647. The Hall–Kier alpha value is -2.28. The third-order valence-electron chi connectivity index (χ3n) is 3.40. The molecule has 0 aliphatic heterocycles. The van der Waals surface area contributed by atoms with E-state index in [0.717, 1.165) is 0 Å². The second-order valence-corrected chi connectivity index (χ2v) is 6.43. The molecule has 0 atom stereocenters. The summed E-state index contributed by atoms with van der Waals surface area (Å²) in [5.74, 6) is 0.0873. The van der Waals surface area contributed by atoms with Crippen molar-refractivity contribution in [1.29, 1.82) is 0 Å². The molecule has 3 rings (SSSR count). The summed E-state index contributed by atoms with van der Waals surface area (Å²) in [4.78, 5) is 16.3. The van der Waals surface area contributed by atoms with E-state index in [4.69, 9.17) is 40.5 Å². The summed E-state index contributed by atoms with van der Waals surface area (Å²) in [7, 11) is 1.72. The van der Waals surface area contributed by atoms with Crippen molar-refractivity contribution in [3.05, 3.63) is 57.3 Å². The Labute approximate surface area is 158 Å². The lowest BCUT2D eigenvalue weighted by molar-refractivity contribution is 0.102. The lowest BCUT2D eigenvalue weighted by Gasteiger charge is -2.11. The van der Waals surface area contributed by atoms with Crippen molar-refractivity contribution in [3.63, 3.8) is 0 Å². The van der Waals surface area contributed by atoms with Crippen LogP contribution in [0.4, 0.5) is 11.6 Å². The first kappa shape index (κ1) is 17.5. The number of rotatable bonds is 3. The number of aromatic nitrogens is 3. The SMILES string of the molecule is Cn1ccc(C(=O)Nc2ccc(-c3cc(Cl)cc(Cl)c3Cl)c(N)n2)n1. The van der Waals surface area contributed by atoms with Crippen molar-refractivity contribution in [2.75, 3.05) is 11.1 Å². The number of hydrogen-bond acceptors (Lipinski definition) is 4. The number of nitrogen functional groups attached to an aromatic ring is 1. The molecule has 9 heteroatoms. The summed E-state index contributed by atoms with van der Waals surface area (Å²) in [5.41, 5.74) is 7.41. The number of carbonyl (C=O) groups excluding carboxylic acids is 1. The monoisotopic (exact) mass is 395 g/mol. The van der Waals surface area contributed by atoms with E-state index in [1.54, 1.807) is 43.6 Å². The highest BCUT2D eigenvalue weighted by Crippen LogP contribution is 2.38. The summed E-state index contributed by atoms with van der Waals surface area (Å²) in [6.07, 6.45) is 1.67. The normalized spacial score (nSPS) is 10.7.